The summed E-state index contributed by atoms with van der Waals surface area (Å²) in [5, 5.41) is 13.1. The van der Waals surface area contributed by atoms with E-state index in [9.17, 15) is 24.3 Å². The average Bonchev–Trinajstić information content (AvgIpc) is 2.84. The first-order valence-corrected chi connectivity index (χ1v) is 13.7. The number of carbonyl (C=O) groups excluding carboxylic acids is 3. The number of hydrogen-bond acceptors (Lipinski definition) is 9. The summed E-state index contributed by atoms with van der Waals surface area (Å²) < 4.78 is 21.6. The van der Waals surface area contributed by atoms with Gasteiger partial charge in [0, 0.05) is 12.5 Å². The first-order chi connectivity index (χ1) is 18.3. The van der Waals surface area contributed by atoms with Crippen molar-refractivity contribution in [2.45, 2.75) is 112 Å². The Kier molecular flexibility index (Phi) is 14.0. The highest BCUT2D eigenvalue weighted by Gasteiger charge is 2.45. The van der Waals surface area contributed by atoms with Gasteiger partial charge in [-0.1, -0.05) is 53.5 Å². The molecule has 0 aliphatic heterocycles. The van der Waals surface area contributed by atoms with Crippen molar-refractivity contribution < 1.29 is 43.2 Å². The molecule has 0 bridgehead atoms. The van der Waals surface area contributed by atoms with Gasteiger partial charge in [-0.2, -0.15) is 0 Å². The van der Waals surface area contributed by atoms with Crippen LogP contribution in [0.3, 0.4) is 0 Å². The van der Waals surface area contributed by atoms with E-state index in [-0.39, 0.29) is 29.9 Å². The highest BCUT2D eigenvalue weighted by atomic mass is 16.7. The molecule has 1 aromatic rings. The van der Waals surface area contributed by atoms with E-state index >= 15 is 0 Å². The lowest BCUT2D eigenvalue weighted by molar-refractivity contribution is -0.167. The van der Waals surface area contributed by atoms with Crippen molar-refractivity contribution in [1.29, 1.82) is 0 Å². The van der Waals surface area contributed by atoms with Crippen LogP contribution < -0.4 is 14.8 Å². The van der Waals surface area contributed by atoms with Crippen LogP contribution in [-0.4, -0.2) is 47.0 Å². The van der Waals surface area contributed by atoms with Crippen molar-refractivity contribution in [3.05, 3.63) is 23.8 Å². The second-order valence-corrected chi connectivity index (χ2v) is 10.3. The third-order valence-corrected chi connectivity index (χ3v) is 6.16. The van der Waals surface area contributed by atoms with Crippen LogP contribution in [-0.2, 0) is 30.3 Å². The highest BCUT2D eigenvalue weighted by molar-refractivity contribution is 5.81. The third-order valence-electron chi connectivity index (χ3n) is 6.16. The number of nitrogens with one attached hydrogen (secondary N) is 1. The summed E-state index contributed by atoms with van der Waals surface area (Å²) in [5.41, 5.74) is -1.82. The lowest BCUT2D eigenvalue weighted by Crippen LogP contribution is -2.59. The standard InChI is InChI=1S/C29H45NO9/c1-9-12-19(6)25(31)37-23-15-14-22(16-24(23)38-26(32)20(7)13-10-2)17-29(27(33)34,30-21(8)11-3)39-28(35)36-18(4)5/h14-16,18-21,30H,9-13,17H2,1-8H3,(H,33,34)/t19?,20?,21?,29-/m0/s1. The third kappa shape index (κ3) is 10.9. The summed E-state index contributed by atoms with van der Waals surface area (Å²) in [4.78, 5) is 50.3. The van der Waals surface area contributed by atoms with Gasteiger partial charge in [-0.3, -0.25) is 14.9 Å². The van der Waals surface area contributed by atoms with Gasteiger partial charge in [0.1, 0.15) is 0 Å². The minimum absolute atomic E-state index is 0.0231. The molecule has 10 nitrogen and oxygen atoms in total. The molecule has 0 heterocycles. The van der Waals surface area contributed by atoms with Gasteiger partial charge in [-0.05, 0) is 57.7 Å². The number of hydrogen-bond donors (Lipinski definition) is 2. The number of carbonyl (C=O) groups is 4. The fraction of sp³-hybridized carbons (Fsp3) is 0.655. The molecule has 1 aromatic carbocycles. The molecule has 2 N–H and O–H groups in total. The van der Waals surface area contributed by atoms with Crippen molar-refractivity contribution in [3.63, 3.8) is 0 Å². The fourth-order valence-electron chi connectivity index (χ4n) is 3.79. The summed E-state index contributed by atoms with van der Waals surface area (Å²) in [7, 11) is 0. The number of esters is 2. The summed E-state index contributed by atoms with van der Waals surface area (Å²) >= 11 is 0. The number of aliphatic carboxylic acids is 1. The molecule has 0 saturated carbocycles. The van der Waals surface area contributed by atoms with Crippen LogP contribution in [0.4, 0.5) is 4.79 Å². The number of rotatable bonds is 16. The van der Waals surface area contributed by atoms with E-state index in [1.807, 2.05) is 20.8 Å². The van der Waals surface area contributed by atoms with Gasteiger partial charge in [0.15, 0.2) is 11.5 Å². The van der Waals surface area contributed by atoms with Crippen molar-refractivity contribution in [2.75, 3.05) is 0 Å². The Labute approximate surface area is 231 Å². The molecule has 0 spiro atoms. The van der Waals surface area contributed by atoms with Crippen molar-refractivity contribution in [2.24, 2.45) is 11.8 Å². The Balaban J connectivity index is 3.50. The Hall–Kier alpha value is -3.14. The smallest absolute Gasteiger partial charge is 0.477 e. The zero-order chi connectivity index (χ0) is 29.8. The van der Waals surface area contributed by atoms with Gasteiger partial charge >= 0.3 is 24.1 Å². The maximum Gasteiger partial charge on any atom is 0.510 e. The van der Waals surface area contributed by atoms with Gasteiger partial charge in [-0.15, -0.1) is 0 Å². The van der Waals surface area contributed by atoms with E-state index in [2.05, 4.69) is 5.32 Å². The van der Waals surface area contributed by atoms with E-state index in [0.29, 0.717) is 24.8 Å². The van der Waals surface area contributed by atoms with Crippen molar-refractivity contribution in [1.82, 2.24) is 5.32 Å². The number of ether oxygens (including phenoxy) is 4. The highest BCUT2D eigenvalue weighted by Crippen LogP contribution is 2.32. The predicted octanol–water partition coefficient (Wildman–Crippen LogP) is 5.64. The predicted molar refractivity (Wildman–Crippen MR) is 146 cm³/mol. The first kappa shape index (κ1) is 33.9. The molecule has 0 radical (unpaired) electrons. The van der Waals surface area contributed by atoms with Gasteiger partial charge in [0.2, 0.25) is 0 Å². The van der Waals surface area contributed by atoms with Crippen molar-refractivity contribution >= 4 is 24.1 Å². The van der Waals surface area contributed by atoms with E-state index in [1.54, 1.807) is 34.6 Å². The monoisotopic (exact) mass is 551 g/mol. The van der Waals surface area contributed by atoms with Gasteiger partial charge in [0.05, 0.1) is 17.9 Å². The van der Waals surface area contributed by atoms with Crippen molar-refractivity contribution in [3.8, 4) is 11.5 Å². The Morgan fingerprint density at radius 2 is 1.41 bits per heavy atom. The lowest BCUT2D eigenvalue weighted by atomic mass is 10.00. The molecule has 4 atom stereocenters. The first-order valence-electron chi connectivity index (χ1n) is 13.7. The second-order valence-electron chi connectivity index (χ2n) is 10.3. The fourth-order valence-corrected chi connectivity index (χ4v) is 3.79. The molecule has 0 aliphatic carbocycles. The van der Waals surface area contributed by atoms with Crippen LogP contribution in [0.15, 0.2) is 18.2 Å². The number of carboxylic acids is 1. The van der Waals surface area contributed by atoms with Crippen LogP contribution in [0.25, 0.3) is 0 Å². The normalized spacial score (nSPS) is 15.0. The maximum atomic E-state index is 12.8. The SMILES string of the molecule is CCCC(C)C(=O)Oc1ccc(C[C@](NC(C)CC)(OC(=O)OC(C)C)C(=O)O)cc1OC(=O)C(C)CCC. The van der Waals surface area contributed by atoms with Crippen LogP contribution in [0.5, 0.6) is 11.5 Å². The maximum absolute atomic E-state index is 12.8. The minimum atomic E-state index is -2.17. The van der Waals surface area contributed by atoms with Crippen LogP contribution in [0.2, 0.25) is 0 Å². The zero-order valence-corrected chi connectivity index (χ0v) is 24.5. The largest absolute Gasteiger partial charge is 0.510 e. The van der Waals surface area contributed by atoms with Gasteiger partial charge in [0.25, 0.3) is 5.72 Å². The molecular weight excluding hydrogens is 506 g/mol. The molecule has 0 fully saturated rings. The van der Waals surface area contributed by atoms with E-state index in [4.69, 9.17) is 18.9 Å². The van der Waals surface area contributed by atoms with Gasteiger partial charge < -0.3 is 24.1 Å². The molecule has 39 heavy (non-hydrogen) atoms. The van der Waals surface area contributed by atoms with E-state index in [0.717, 1.165) is 12.8 Å². The average molecular weight is 552 g/mol. The lowest BCUT2D eigenvalue weighted by Gasteiger charge is -2.32. The number of carboxylic acid groups (broad SMARTS) is 1. The molecule has 0 aromatic heterocycles. The second kappa shape index (κ2) is 16.1. The molecule has 1 rings (SSSR count). The zero-order valence-electron chi connectivity index (χ0n) is 24.5. The summed E-state index contributed by atoms with van der Waals surface area (Å²) in [5.74, 6) is -3.15. The summed E-state index contributed by atoms with van der Waals surface area (Å²) in [6, 6.07) is 4.07. The quantitative estimate of drug-likeness (QED) is 0.151. The van der Waals surface area contributed by atoms with Crippen LogP contribution in [0.1, 0.15) is 93.1 Å². The molecule has 220 valence electrons. The molecule has 3 unspecified atom stereocenters. The van der Waals surface area contributed by atoms with E-state index < -0.39 is 41.8 Å². The summed E-state index contributed by atoms with van der Waals surface area (Å²) in [6.07, 6.45) is 1.38. The molecular formula is C29H45NO9. The molecule has 0 saturated heterocycles. The topological polar surface area (TPSA) is 137 Å². The van der Waals surface area contributed by atoms with Crippen LogP contribution in [0, 0.1) is 11.8 Å². The Morgan fingerprint density at radius 1 is 0.872 bits per heavy atom. The Bertz CT molecular complexity index is 978. The molecule has 10 heteroatoms. The summed E-state index contributed by atoms with van der Waals surface area (Å²) in [6.45, 7) is 14.3. The van der Waals surface area contributed by atoms with E-state index in [1.165, 1.54) is 18.2 Å². The molecule has 0 amide bonds. The van der Waals surface area contributed by atoms with Crippen LogP contribution >= 0.6 is 0 Å². The van der Waals surface area contributed by atoms with Gasteiger partial charge in [-0.25, -0.2) is 9.59 Å². The molecule has 0 aliphatic rings. The Morgan fingerprint density at radius 3 is 1.87 bits per heavy atom. The minimum Gasteiger partial charge on any atom is -0.477 e. The number of benzene rings is 1.